The highest BCUT2D eigenvalue weighted by Crippen LogP contribution is 2.18. The maximum Gasteiger partial charge on any atom is 0.212 e. The molecule has 1 aromatic rings. The van der Waals surface area contributed by atoms with Gasteiger partial charge in [-0.05, 0) is 37.5 Å². The van der Waals surface area contributed by atoms with Gasteiger partial charge in [0.25, 0.3) is 0 Å². The fourth-order valence-electron chi connectivity index (χ4n) is 1.69. The Labute approximate surface area is 114 Å². The number of unbranched alkanes of at least 4 members (excludes halogenated alkanes) is 1. The van der Waals surface area contributed by atoms with E-state index in [1.807, 2.05) is 12.1 Å². The van der Waals surface area contributed by atoms with Crippen molar-refractivity contribution in [3.63, 3.8) is 0 Å². The van der Waals surface area contributed by atoms with E-state index in [1.165, 1.54) is 0 Å². The average Bonchev–Trinajstić information content (AvgIpc) is 2.38. The summed E-state index contributed by atoms with van der Waals surface area (Å²) in [5.74, 6) is 0.774. The highest BCUT2D eigenvalue weighted by Gasteiger charge is 2.15. The predicted molar refractivity (Wildman–Crippen MR) is 74.7 cm³/mol. The summed E-state index contributed by atoms with van der Waals surface area (Å²) in [5.41, 5.74) is 0.881. The molecule has 0 spiro atoms. The van der Waals surface area contributed by atoms with Crippen LogP contribution < -0.4 is 9.46 Å². The van der Waals surface area contributed by atoms with Gasteiger partial charge in [0.2, 0.25) is 10.0 Å². The summed E-state index contributed by atoms with van der Waals surface area (Å²) < 4.78 is 31.3. The number of methoxy groups -OCH3 is 1. The number of sulfonamides is 1. The Kier molecular flexibility index (Phi) is 6.27. The predicted octanol–water partition coefficient (Wildman–Crippen LogP) is 1.45. The second-order valence-electron chi connectivity index (χ2n) is 4.36. The summed E-state index contributed by atoms with van der Waals surface area (Å²) in [7, 11) is -1.72. The van der Waals surface area contributed by atoms with Crippen LogP contribution in [0.4, 0.5) is 0 Å². The Morgan fingerprint density at radius 1 is 1.26 bits per heavy atom. The third kappa shape index (κ3) is 5.59. The van der Waals surface area contributed by atoms with Crippen molar-refractivity contribution in [2.45, 2.75) is 25.8 Å². The van der Waals surface area contributed by atoms with E-state index in [2.05, 4.69) is 4.72 Å². The molecule has 1 atom stereocenters. The van der Waals surface area contributed by atoms with Crippen molar-refractivity contribution in [3.8, 4) is 5.75 Å². The van der Waals surface area contributed by atoms with Crippen molar-refractivity contribution in [1.29, 1.82) is 0 Å². The quantitative estimate of drug-likeness (QED) is 0.710. The van der Waals surface area contributed by atoms with E-state index in [9.17, 15) is 8.42 Å². The van der Waals surface area contributed by atoms with Crippen molar-refractivity contribution in [2.24, 2.45) is 0 Å². The molecule has 108 valence electrons. The summed E-state index contributed by atoms with van der Waals surface area (Å²) in [4.78, 5) is 0. The molecule has 0 aromatic heterocycles. The van der Waals surface area contributed by atoms with E-state index in [1.54, 1.807) is 26.2 Å². The van der Waals surface area contributed by atoms with Gasteiger partial charge in [-0.25, -0.2) is 13.1 Å². The molecule has 0 aliphatic heterocycles. The third-order valence-corrected chi connectivity index (χ3v) is 4.33. The first-order valence-corrected chi connectivity index (χ1v) is 7.88. The number of benzene rings is 1. The summed E-state index contributed by atoms with van der Waals surface area (Å²) in [5, 5.41) is 8.65. The van der Waals surface area contributed by atoms with Crippen LogP contribution in [0.5, 0.6) is 5.75 Å². The zero-order chi connectivity index (χ0) is 14.3. The molecule has 0 bridgehead atoms. The molecular weight excluding hydrogens is 266 g/mol. The van der Waals surface area contributed by atoms with Gasteiger partial charge < -0.3 is 9.84 Å². The largest absolute Gasteiger partial charge is 0.497 e. The number of ether oxygens (including phenoxy) is 1. The molecule has 0 amide bonds. The SMILES string of the molecule is COc1ccc(C(C)NS(=O)(=O)CCCCO)cc1. The van der Waals surface area contributed by atoms with Gasteiger partial charge in [-0.3, -0.25) is 0 Å². The van der Waals surface area contributed by atoms with E-state index >= 15 is 0 Å². The fraction of sp³-hybridized carbons (Fsp3) is 0.538. The van der Waals surface area contributed by atoms with Gasteiger partial charge >= 0.3 is 0 Å². The molecule has 6 heteroatoms. The zero-order valence-electron chi connectivity index (χ0n) is 11.3. The number of rotatable bonds is 8. The molecule has 0 radical (unpaired) electrons. The molecule has 1 rings (SSSR count). The second-order valence-corrected chi connectivity index (χ2v) is 6.24. The lowest BCUT2D eigenvalue weighted by Gasteiger charge is -2.15. The van der Waals surface area contributed by atoms with Crippen molar-refractivity contribution in [1.82, 2.24) is 4.72 Å². The van der Waals surface area contributed by atoms with Gasteiger partial charge in [0.15, 0.2) is 0 Å². The minimum atomic E-state index is -3.31. The van der Waals surface area contributed by atoms with Crippen LogP contribution in [0.3, 0.4) is 0 Å². The van der Waals surface area contributed by atoms with E-state index < -0.39 is 10.0 Å². The number of aliphatic hydroxyl groups is 1. The monoisotopic (exact) mass is 287 g/mol. The molecule has 0 aliphatic carbocycles. The number of hydrogen-bond donors (Lipinski definition) is 2. The average molecular weight is 287 g/mol. The van der Waals surface area contributed by atoms with Gasteiger partial charge in [0.05, 0.1) is 12.9 Å². The smallest absolute Gasteiger partial charge is 0.212 e. The van der Waals surface area contributed by atoms with E-state index in [-0.39, 0.29) is 18.4 Å². The third-order valence-electron chi connectivity index (χ3n) is 2.79. The van der Waals surface area contributed by atoms with Crippen LogP contribution in [-0.4, -0.2) is 33.0 Å². The van der Waals surface area contributed by atoms with Crippen LogP contribution in [0.1, 0.15) is 31.4 Å². The molecule has 0 fully saturated rings. The maximum atomic E-state index is 11.8. The van der Waals surface area contributed by atoms with Crippen LogP contribution in [-0.2, 0) is 10.0 Å². The van der Waals surface area contributed by atoms with Crippen molar-refractivity contribution in [2.75, 3.05) is 19.5 Å². The normalized spacial score (nSPS) is 13.2. The first-order valence-electron chi connectivity index (χ1n) is 6.23. The van der Waals surface area contributed by atoms with Gasteiger partial charge in [-0.15, -0.1) is 0 Å². The first kappa shape index (κ1) is 15.9. The molecule has 1 unspecified atom stereocenters. The van der Waals surface area contributed by atoms with Gasteiger partial charge in [-0.1, -0.05) is 12.1 Å². The lowest BCUT2D eigenvalue weighted by Crippen LogP contribution is -2.29. The van der Waals surface area contributed by atoms with E-state index in [4.69, 9.17) is 9.84 Å². The zero-order valence-corrected chi connectivity index (χ0v) is 12.1. The fourth-order valence-corrected chi connectivity index (χ4v) is 3.07. The Morgan fingerprint density at radius 2 is 1.89 bits per heavy atom. The molecule has 19 heavy (non-hydrogen) atoms. The molecule has 0 saturated carbocycles. The summed E-state index contributed by atoms with van der Waals surface area (Å²) in [6.45, 7) is 1.81. The van der Waals surface area contributed by atoms with E-state index in [0.29, 0.717) is 12.8 Å². The summed E-state index contributed by atoms with van der Waals surface area (Å²) in [6.07, 6.45) is 0.957. The Balaban J connectivity index is 2.59. The molecule has 0 aliphatic rings. The van der Waals surface area contributed by atoms with Crippen molar-refractivity contribution < 1.29 is 18.3 Å². The van der Waals surface area contributed by atoms with Gasteiger partial charge in [-0.2, -0.15) is 0 Å². The topological polar surface area (TPSA) is 75.6 Å². The van der Waals surface area contributed by atoms with Crippen LogP contribution in [0.25, 0.3) is 0 Å². The minimum Gasteiger partial charge on any atom is -0.497 e. The number of hydrogen-bond acceptors (Lipinski definition) is 4. The maximum absolute atomic E-state index is 11.8. The van der Waals surface area contributed by atoms with Crippen LogP contribution in [0.15, 0.2) is 24.3 Å². The molecule has 1 aromatic carbocycles. The van der Waals surface area contributed by atoms with Crippen molar-refractivity contribution in [3.05, 3.63) is 29.8 Å². The Hall–Kier alpha value is -1.11. The summed E-state index contributed by atoms with van der Waals surface area (Å²) in [6, 6.07) is 6.97. The van der Waals surface area contributed by atoms with E-state index in [0.717, 1.165) is 11.3 Å². The van der Waals surface area contributed by atoms with Crippen LogP contribution in [0.2, 0.25) is 0 Å². The second kappa shape index (κ2) is 7.47. The lowest BCUT2D eigenvalue weighted by molar-refractivity contribution is 0.287. The van der Waals surface area contributed by atoms with Crippen molar-refractivity contribution >= 4 is 10.0 Å². The highest BCUT2D eigenvalue weighted by molar-refractivity contribution is 7.89. The Morgan fingerprint density at radius 3 is 2.42 bits per heavy atom. The Bertz CT molecular complexity index is 470. The molecule has 5 nitrogen and oxygen atoms in total. The first-order chi connectivity index (χ1) is 8.98. The van der Waals surface area contributed by atoms with Crippen LogP contribution >= 0.6 is 0 Å². The standard InChI is InChI=1S/C13H21NO4S/c1-11(12-5-7-13(18-2)8-6-12)14-19(16,17)10-4-3-9-15/h5-8,11,14-15H,3-4,9-10H2,1-2H3. The summed E-state index contributed by atoms with van der Waals surface area (Å²) >= 11 is 0. The molecule has 0 saturated heterocycles. The molecular formula is C13H21NO4S. The van der Waals surface area contributed by atoms with Crippen LogP contribution in [0, 0.1) is 0 Å². The molecule has 0 heterocycles. The number of aliphatic hydroxyl groups excluding tert-OH is 1. The number of nitrogens with one attached hydrogen (secondary N) is 1. The molecule has 2 N–H and O–H groups in total. The lowest BCUT2D eigenvalue weighted by atomic mass is 10.1. The minimum absolute atomic E-state index is 0.0174. The highest BCUT2D eigenvalue weighted by atomic mass is 32.2. The van der Waals surface area contributed by atoms with Gasteiger partial charge in [0.1, 0.15) is 5.75 Å². The van der Waals surface area contributed by atoms with Gasteiger partial charge in [0, 0.05) is 12.6 Å².